The van der Waals surface area contributed by atoms with E-state index in [0.29, 0.717) is 11.4 Å². The molecule has 0 saturated heterocycles. The summed E-state index contributed by atoms with van der Waals surface area (Å²) < 4.78 is 5.90. The fourth-order valence-electron chi connectivity index (χ4n) is 2.40. The third kappa shape index (κ3) is 2.44. The number of rotatable bonds is 2. The van der Waals surface area contributed by atoms with Crippen LogP contribution in [-0.4, -0.2) is 16.3 Å². The Hall–Kier alpha value is -3.08. The largest absolute Gasteiger partial charge is 0.508 e. The molecule has 6 N–H and O–H groups in total. The van der Waals surface area contributed by atoms with Crippen LogP contribution in [0.25, 0.3) is 11.6 Å². The van der Waals surface area contributed by atoms with Crippen molar-refractivity contribution in [2.75, 3.05) is 0 Å². The van der Waals surface area contributed by atoms with Gasteiger partial charge in [0, 0.05) is 23.4 Å². The van der Waals surface area contributed by atoms with Gasteiger partial charge in [0.2, 0.25) is 0 Å². The predicted molar refractivity (Wildman–Crippen MR) is 85.0 cm³/mol. The van der Waals surface area contributed by atoms with Crippen molar-refractivity contribution in [1.29, 1.82) is 0 Å². The number of hydrogen-bond acceptors (Lipinski definition) is 5. The number of aromatic hydroxyl groups is 2. The summed E-state index contributed by atoms with van der Waals surface area (Å²) in [6.45, 7) is 0. The molecule has 3 rings (SSSR count). The number of benzene rings is 2. The smallest absolute Gasteiger partial charge is 0.165 e. The summed E-state index contributed by atoms with van der Waals surface area (Å²) in [5.41, 5.74) is 14.4. The molecule has 0 bridgehead atoms. The molecule has 2 aromatic carbocycles. The molecule has 1 aliphatic heterocycles. The summed E-state index contributed by atoms with van der Waals surface area (Å²) in [6.07, 6.45) is 2.68. The van der Waals surface area contributed by atoms with Gasteiger partial charge in [0.05, 0.1) is 5.70 Å². The van der Waals surface area contributed by atoms with Crippen molar-refractivity contribution < 1.29 is 14.9 Å². The van der Waals surface area contributed by atoms with E-state index in [2.05, 4.69) is 0 Å². The van der Waals surface area contributed by atoms with Crippen molar-refractivity contribution in [3.63, 3.8) is 0 Å². The molecule has 0 aliphatic carbocycles. The summed E-state index contributed by atoms with van der Waals surface area (Å²) in [5, 5.41) is 19.0. The molecule has 2 aromatic rings. The topological polar surface area (TPSA) is 102 Å². The first-order valence-corrected chi connectivity index (χ1v) is 6.76. The maximum Gasteiger partial charge on any atom is 0.165 e. The van der Waals surface area contributed by atoms with Crippen molar-refractivity contribution >= 4 is 11.6 Å². The van der Waals surface area contributed by atoms with Crippen LogP contribution in [0.3, 0.4) is 0 Å². The van der Waals surface area contributed by atoms with E-state index in [4.69, 9.17) is 16.2 Å². The predicted octanol–water partition coefficient (Wildman–Crippen LogP) is 2.16. The normalized spacial score (nSPS) is 17.4. The molecule has 0 fully saturated rings. The van der Waals surface area contributed by atoms with E-state index in [9.17, 15) is 10.2 Å². The fourth-order valence-corrected chi connectivity index (χ4v) is 2.40. The zero-order chi connectivity index (χ0) is 15.7. The average molecular weight is 296 g/mol. The van der Waals surface area contributed by atoms with Crippen LogP contribution in [0.4, 0.5) is 0 Å². The van der Waals surface area contributed by atoms with Crippen LogP contribution in [0.2, 0.25) is 0 Å². The molecule has 112 valence electrons. The van der Waals surface area contributed by atoms with Crippen molar-refractivity contribution in [2.45, 2.75) is 6.10 Å². The van der Waals surface area contributed by atoms with Crippen LogP contribution >= 0.6 is 0 Å². The zero-order valence-corrected chi connectivity index (χ0v) is 11.7. The Labute approximate surface area is 127 Å². The molecular formula is C17H16N2O3. The highest BCUT2D eigenvalue weighted by molar-refractivity contribution is 5.89. The number of phenols is 2. The fraction of sp³-hybridized carbons (Fsp3) is 0.0588. The van der Waals surface area contributed by atoms with E-state index < -0.39 is 6.10 Å². The van der Waals surface area contributed by atoms with Crippen molar-refractivity contribution in [3.8, 4) is 17.2 Å². The first-order valence-electron chi connectivity index (χ1n) is 6.76. The number of nitrogens with two attached hydrogens (primary N) is 2. The monoisotopic (exact) mass is 296 g/mol. The van der Waals surface area contributed by atoms with E-state index in [-0.39, 0.29) is 11.5 Å². The van der Waals surface area contributed by atoms with Gasteiger partial charge in [0.25, 0.3) is 0 Å². The third-order valence-corrected chi connectivity index (χ3v) is 3.53. The van der Waals surface area contributed by atoms with E-state index >= 15 is 0 Å². The van der Waals surface area contributed by atoms with E-state index in [0.717, 1.165) is 16.7 Å². The first-order chi connectivity index (χ1) is 10.6. The zero-order valence-electron chi connectivity index (χ0n) is 11.7. The number of fused-ring (bicyclic) bond motifs is 1. The molecule has 1 aliphatic rings. The van der Waals surface area contributed by atoms with E-state index in [1.807, 2.05) is 6.08 Å². The van der Waals surface area contributed by atoms with Crippen molar-refractivity contribution in [3.05, 3.63) is 65.5 Å². The Balaban J connectivity index is 2.13. The lowest BCUT2D eigenvalue weighted by Crippen LogP contribution is -2.29. The number of ether oxygens (including phenoxy) is 1. The Morgan fingerprint density at radius 3 is 2.41 bits per heavy atom. The van der Waals surface area contributed by atoms with Crippen LogP contribution in [0.15, 0.2) is 54.4 Å². The highest BCUT2D eigenvalue weighted by atomic mass is 16.5. The molecule has 1 heterocycles. The van der Waals surface area contributed by atoms with Gasteiger partial charge < -0.3 is 26.4 Å². The standard InChI is InChI=1S/C17H16N2O3/c18-9-15(19)17-14(10-1-4-12(20)5-2-10)7-11-3-6-13(21)8-16(11)22-17/h1-9,17,20-21H,18-19H2/b15-9-. The second-order valence-electron chi connectivity index (χ2n) is 5.03. The molecular weight excluding hydrogens is 280 g/mol. The van der Waals surface area contributed by atoms with Crippen molar-refractivity contribution in [2.24, 2.45) is 11.5 Å². The first kappa shape index (κ1) is 13.9. The molecule has 5 nitrogen and oxygen atoms in total. The van der Waals surface area contributed by atoms with Gasteiger partial charge in [-0.15, -0.1) is 0 Å². The van der Waals surface area contributed by atoms with E-state index in [1.165, 1.54) is 12.3 Å². The Morgan fingerprint density at radius 1 is 1.05 bits per heavy atom. The van der Waals surface area contributed by atoms with Gasteiger partial charge in [-0.1, -0.05) is 12.1 Å². The van der Waals surface area contributed by atoms with Crippen LogP contribution in [0, 0.1) is 0 Å². The van der Waals surface area contributed by atoms with Gasteiger partial charge in [0.1, 0.15) is 17.2 Å². The maximum absolute atomic E-state index is 9.58. The summed E-state index contributed by atoms with van der Waals surface area (Å²) >= 11 is 0. The lowest BCUT2D eigenvalue weighted by atomic mass is 9.93. The van der Waals surface area contributed by atoms with Crippen LogP contribution in [0.1, 0.15) is 11.1 Å². The average Bonchev–Trinajstić information content (AvgIpc) is 2.53. The number of hydrogen-bond donors (Lipinski definition) is 4. The maximum atomic E-state index is 9.58. The third-order valence-electron chi connectivity index (χ3n) is 3.53. The van der Waals surface area contributed by atoms with Gasteiger partial charge >= 0.3 is 0 Å². The van der Waals surface area contributed by atoms with Crippen LogP contribution in [0.5, 0.6) is 17.2 Å². The SMILES string of the molecule is N/C=C(\N)C1Oc2cc(O)ccc2C=C1c1ccc(O)cc1. The molecule has 0 spiro atoms. The van der Waals surface area contributed by atoms with Crippen LogP contribution in [-0.2, 0) is 0 Å². The summed E-state index contributed by atoms with van der Waals surface area (Å²) in [6, 6.07) is 11.7. The summed E-state index contributed by atoms with van der Waals surface area (Å²) in [4.78, 5) is 0. The Morgan fingerprint density at radius 2 is 1.73 bits per heavy atom. The molecule has 1 unspecified atom stereocenters. The van der Waals surface area contributed by atoms with Gasteiger partial charge in [-0.05, 0) is 35.9 Å². The highest BCUT2D eigenvalue weighted by Crippen LogP contribution is 2.38. The molecule has 0 amide bonds. The molecule has 0 saturated carbocycles. The molecule has 0 aromatic heterocycles. The second-order valence-corrected chi connectivity index (χ2v) is 5.03. The van der Waals surface area contributed by atoms with Gasteiger partial charge in [-0.2, -0.15) is 0 Å². The van der Waals surface area contributed by atoms with Gasteiger partial charge in [-0.25, -0.2) is 0 Å². The lowest BCUT2D eigenvalue weighted by Gasteiger charge is -2.28. The summed E-state index contributed by atoms with van der Waals surface area (Å²) in [7, 11) is 0. The minimum Gasteiger partial charge on any atom is -0.508 e. The van der Waals surface area contributed by atoms with Crippen LogP contribution < -0.4 is 16.2 Å². The minimum atomic E-state index is -0.552. The molecule has 1 atom stereocenters. The molecule has 22 heavy (non-hydrogen) atoms. The van der Waals surface area contributed by atoms with E-state index in [1.54, 1.807) is 36.4 Å². The molecule has 0 radical (unpaired) electrons. The summed E-state index contributed by atoms with van der Waals surface area (Å²) in [5.74, 6) is 0.844. The van der Waals surface area contributed by atoms with Crippen molar-refractivity contribution in [1.82, 2.24) is 0 Å². The minimum absolute atomic E-state index is 0.120. The Bertz CT molecular complexity index is 764. The molecule has 5 heteroatoms. The van der Waals surface area contributed by atoms with Gasteiger partial charge in [0.15, 0.2) is 6.10 Å². The Kier molecular flexibility index (Phi) is 3.39. The quantitative estimate of drug-likeness (QED) is 0.680. The lowest BCUT2D eigenvalue weighted by molar-refractivity contribution is 0.285. The second kappa shape index (κ2) is 5.37. The van der Waals surface area contributed by atoms with Gasteiger partial charge in [-0.3, -0.25) is 0 Å². The number of phenolic OH excluding ortho intramolecular Hbond substituents is 2. The highest BCUT2D eigenvalue weighted by Gasteiger charge is 2.26.